The van der Waals surface area contributed by atoms with Gasteiger partial charge in [0, 0.05) is 25.0 Å². The van der Waals surface area contributed by atoms with Crippen molar-refractivity contribution >= 4 is 5.91 Å². The van der Waals surface area contributed by atoms with Crippen LogP contribution in [-0.4, -0.2) is 42.1 Å². The molecular weight excluding hydrogens is 264 g/mol. The maximum absolute atomic E-state index is 12.6. The minimum Gasteiger partial charge on any atom is -0.365 e. The molecule has 3 rings (SSSR count). The third-order valence-corrected chi connectivity index (χ3v) is 4.74. The number of ether oxygens (including phenoxy) is 1. The molecule has 0 aliphatic carbocycles. The van der Waals surface area contributed by atoms with Gasteiger partial charge in [0.15, 0.2) is 0 Å². The fourth-order valence-corrected chi connectivity index (χ4v) is 3.45. The molecule has 1 amide bonds. The average Bonchev–Trinajstić information content (AvgIpc) is 3.14. The molecule has 21 heavy (non-hydrogen) atoms. The summed E-state index contributed by atoms with van der Waals surface area (Å²) in [6, 6.07) is 10.3. The van der Waals surface area contributed by atoms with Crippen molar-refractivity contribution in [3.63, 3.8) is 0 Å². The second-order valence-corrected chi connectivity index (χ2v) is 6.16. The molecule has 4 atom stereocenters. The molecule has 4 heteroatoms. The van der Waals surface area contributed by atoms with E-state index in [1.54, 1.807) is 0 Å². The molecule has 1 aromatic carbocycles. The largest absolute Gasteiger partial charge is 0.365 e. The normalized spacial score (nSPS) is 32.6. The molecule has 2 unspecified atom stereocenters. The topological polar surface area (TPSA) is 55.6 Å². The third kappa shape index (κ3) is 2.97. The van der Waals surface area contributed by atoms with Crippen molar-refractivity contribution in [1.29, 1.82) is 0 Å². The zero-order valence-electron chi connectivity index (χ0n) is 12.6. The highest BCUT2D eigenvalue weighted by atomic mass is 16.5. The molecule has 2 heterocycles. The number of hydrogen-bond acceptors (Lipinski definition) is 3. The van der Waals surface area contributed by atoms with E-state index < -0.39 is 0 Å². The van der Waals surface area contributed by atoms with Gasteiger partial charge in [-0.05, 0) is 24.8 Å². The molecule has 2 aliphatic heterocycles. The van der Waals surface area contributed by atoms with Crippen molar-refractivity contribution in [2.45, 2.75) is 50.4 Å². The van der Waals surface area contributed by atoms with Gasteiger partial charge in [-0.3, -0.25) is 4.79 Å². The van der Waals surface area contributed by atoms with E-state index in [1.807, 2.05) is 23.1 Å². The first-order valence-electron chi connectivity index (χ1n) is 7.93. The van der Waals surface area contributed by atoms with E-state index in [0.29, 0.717) is 13.1 Å². The van der Waals surface area contributed by atoms with Crippen molar-refractivity contribution in [3.8, 4) is 0 Å². The van der Waals surface area contributed by atoms with E-state index in [9.17, 15) is 4.79 Å². The summed E-state index contributed by atoms with van der Waals surface area (Å²) in [6.45, 7) is 3.45. The Morgan fingerprint density at radius 3 is 2.71 bits per heavy atom. The summed E-state index contributed by atoms with van der Waals surface area (Å²) in [4.78, 5) is 14.5. The lowest BCUT2D eigenvalue weighted by Crippen LogP contribution is -2.39. The number of hydrogen-bond donors (Lipinski definition) is 1. The maximum Gasteiger partial charge on any atom is 0.251 e. The Balaban J connectivity index is 1.65. The van der Waals surface area contributed by atoms with E-state index >= 15 is 0 Å². The van der Waals surface area contributed by atoms with Crippen LogP contribution in [0.5, 0.6) is 0 Å². The van der Waals surface area contributed by atoms with E-state index in [0.717, 1.165) is 19.3 Å². The first-order valence-corrected chi connectivity index (χ1v) is 7.93. The highest BCUT2D eigenvalue weighted by Gasteiger charge is 2.39. The van der Waals surface area contributed by atoms with Crippen LogP contribution < -0.4 is 5.73 Å². The quantitative estimate of drug-likeness (QED) is 0.924. The number of likely N-dealkylation sites (tertiary alicyclic amines) is 1. The lowest BCUT2D eigenvalue weighted by Gasteiger charge is -2.21. The Hall–Kier alpha value is -1.39. The molecule has 2 aliphatic rings. The molecule has 114 valence electrons. The second-order valence-electron chi connectivity index (χ2n) is 6.16. The molecule has 0 radical (unpaired) electrons. The summed E-state index contributed by atoms with van der Waals surface area (Å²) in [6.07, 6.45) is 2.82. The maximum atomic E-state index is 12.6. The van der Waals surface area contributed by atoms with Crippen molar-refractivity contribution in [2.24, 2.45) is 5.73 Å². The standard InChI is InChI=1S/C17H24N2O2/c1-2-13-8-9-16(21-13)17(20)19-10-14(15(18)11-19)12-6-4-3-5-7-12/h3-7,13-16H,2,8-11,18H2,1H3/t13?,14-,15+,16?/m0/s1. The summed E-state index contributed by atoms with van der Waals surface area (Å²) in [7, 11) is 0. The van der Waals surface area contributed by atoms with Crippen molar-refractivity contribution in [1.82, 2.24) is 4.90 Å². The van der Waals surface area contributed by atoms with Gasteiger partial charge in [-0.2, -0.15) is 0 Å². The number of nitrogens with zero attached hydrogens (tertiary/aromatic N) is 1. The van der Waals surface area contributed by atoms with Crippen LogP contribution in [0.15, 0.2) is 30.3 Å². The van der Waals surface area contributed by atoms with Crippen molar-refractivity contribution in [3.05, 3.63) is 35.9 Å². The smallest absolute Gasteiger partial charge is 0.251 e. The molecule has 2 N–H and O–H groups in total. The molecule has 0 bridgehead atoms. The minimum absolute atomic E-state index is 0.0136. The Morgan fingerprint density at radius 1 is 1.29 bits per heavy atom. The number of rotatable bonds is 3. The molecular formula is C17H24N2O2. The lowest BCUT2D eigenvalue weighted by atomic mass is 9.95. The van der Waals surface area contributed by atoms with Crippen molar-refractivity contribution in [2.75, 3.05) is 13.1 Å². The summed E-state index contributed by atoms with van der Waals surface area (Å²) < 4.78 is 5.83. The first kappa shape index (κ1) is 14.5. The summed E-state index contributed by atoms with van der Waals surface area (Å²) in [5, 5.41) is 0. The van der Waals surface area contributed by atoms with Crippen LogP contribution in [0, 0.1) is 0 Å². The van der Waals surface area contributed by atoms with Crippen LogP contribution in [0.1, 0.15) is 37.7 Å². The third-order valence-electron chi connectivity index (χ3n) is 4.74. The number of amides is 1. The van der Waals surface area contributed by atoms with E-state index in [2.05, 4.69) is 19.1 Å². The van der Waals surface area contributed by atoms with Gasteiger partial charge in [0.05, 0.1) is 6.10 Å². The minimum atomic E-state index is -0.253. The average molecular weight is 288 g/mol. The van der Waals surface area contributed by atoms with Crippen LogP contribution in [0.2, 0.25) is 0 Å². The van der Waals surface area contributed by atoms with Gasteiger partial charge in [-0.25, -0.2) is 0 Å². The van der Waals surface area contributed by atoms with Gasteiger partial charge in [0.25, 0.3) is 5.91 Å². The predicted octanol–water partition coefficient (Wildman–Crippen LogP) is 1.90. The highest BCUT2D eigenvalue weighted by Crippen LogP contribution is 2.29. The van der Waals surface area contributed by atoms with Gasteiger partial charge < -0.3 is 15.4 Å². The van der Waals surface area contributed by atoms with E-state index in [4.69, 9.17) is 10.5 Å². The zero-order chi connectivity index (χ0) is 14.8. The molecule has 1 aromatic rings. The first-order chi connectivity index (χ1) is 10.2. The molecule has 2 saturated heterocycles. The van der Waals surface area contributed by atoms with Crippen LogP contribution >= 0.6 is 0 Å². The monoisotopic (exact) mass is 288 g/mol. The van der Waals surface area contributed by atoms with Gasteiger partial charge >= 0.3 is 0 Å². The van der Waals surface area contributed by atoms with Crippen molar-refractivity contribution < 1.29 is 9.53 Å². The summed E-state index contributed by atoms with van der Waals surface area (Å²) in [5.41, 5.74) is 7.48. The Morgan fingerprint density at radius 2 is 2.05 bits per heavy atom. The van der Waals surface area contributed by atoms with Crippen LogP contribution in [-0.2, 0) is 9.53 Å². The zero-order valence-corrected chi connectivity index (χ0v) is 12.6. The number of carbonyl (C=O) groups is 1. The van der Waals surface area contributed by atoms with E-state index in [-0.39, 0.29) is 30.1 Å². The molecule has 4 nitrogen and oxygen atoms in total. The lowest BCUT2D eigenvalue weighted by molar-refractivity contribution is -0.141. The fraction of sp³-hybridized carbons (Fsp3) is 0.588. The van der Waals surface area contributed by atoms with Crippen LogP contribution in [0.3, 0.4) is 0 Å². The number of benzene rings is 1. The second kappa shape index (κ2) is 6.16. The van der Waals surface area contributed by atoms with Crippen LogP contribution in [0.25, 0.3) is 0 Å². The molecule has 0 saturated carbocycles. The Kier molecular flexibility index (Phi) is 4.27. The van der Waals surface area contributed by atoms with Gasteiger partial charge in [0.2, 0.25) is 0 Å². The molecule has 0 spiro atoms. The summed E-state index contributed by atoms with van der Waals surface area (Å²) in [5.74, 6) is 0.360. The predicted molar refractivity (Wildman–Crippen MR) is 81.9 cm³/mol. The van der Waals surface area contributed by atoms with Crippen LogP contribution in [0.4, 0.5) is 0 Å². The van der Waals surface area contributed by atoms with E-state index in [1.165, 1.54) is 5.56 Å². The molecule has 0 aromatic heterocycles. The Bertz CT molecular complexity index is 491. The summed E-state index contributed by atoms with van der Waals surface area (Å²) >= 11 is 0. The SMILES string of the molecule is CCC1CCC(C(=O)N2C[C@@H](N)[C@H](c3ccccc3)C2)O1. The number of carbonyl (C=O) groups excluding carboxylic acids is 1. The number of nitrogens with two attached hydrogens (primary N) is 1. The Labute approximate surface area is 126 Å². The van der Waals surface area contributed by atoms with Gasteiger partial charge in [0.1, 0.15) is 6.10 Å². The van der Waals surface area contributed by atoms with Gasteiger partial charge in [-0.15, -0.1) is 0 Å². The fourth-order valence-electron chi connectivity index (χ4n) is 3.45. The van der Waals surface area contributed by atoms with Gasteiger partial charge in [-0.1, -0.05) is 37.3 Å². The molecule has 2 fully saturated rings. The highest BCUT2D eigenvalue weighted by molar-refractivity contribution is 5.81.